The molecule has 0 aliphatic carbocycles. The van der Waals surface area contributed by atoms with E-state index in [1.165, 1.54) is 6.08 Å². The zero-order valence-electron chi connectivity index (χ0n) is 21.0. The van der Waals surface area contributed by atoms with Crippen LogP contribution >= 0.6 is 11.6 Å². The lowest BCUT2D eigenvalue weighted by Gasteiger charge is -2.37. The second kappa shape index (κ2) is 11.8. The van der Waals surface area contributed by atoms with Gasteiger partial charge in [-0.2, -0.15) is 0 Å². The second-order valence-electron chi connectivity index (χ2n) is 9.83. The van der Waals surface area contributed by atoms with Crippen LogP contribution in [0, 0.1) is 11.8 Å². The van der Waals surface area contributed by atoms with Crippen LogP contribution in [0.25, 0.3) is 0 Å². The van der Waals surface area contributed by atoms with Crippen LogP contribution in [0.5, 0.6) is 0 Å². The van der Waals surface area contributed by atoms with Crippen LogP contribution in [-0.4, -0.2) is 71.8 Å². The molecule has 3 fully saturated rings. The van der Waals surface area contributed by atoms with Crippen molar-refractivity contribution in [2.45, 2.75) is 56.3 Å². The predicted molar refractivity (Wildman–Crippen MR) is 140 cm³/mol. The molecule has 1 N–H and O–H groups in total. The fraction of sp³-hybridized carbons (Fsp3) is 0.536. The summed E-state index contributed by atoms with van der Waals surface area (Å²) in [4.78, 5) is 44.5. The number of unbranched alkanes of at least 4 members (excludes halogenated alkanes) is 3. The summed E-state index contributed by atoms with van der Waals surface area (Å²) in [5, 5.41) is 9.51. The Morgan fingerprint density at radius 2 is 1.97 bits per heavy atom. The number of nitrogens with zero attached hydrogens (tertiary/aromatic N) is 2. The summed E-state index contributed by atoms with van der Waals surface area (Å²) in [6, 6.07) is 6.16. The zero-order chi connectivity index (χ0) is 26.6. The van der Waals surface area contributed by atoms with Crippen molar-refractivity contribution >= 4 is 35.1 Å². The van der Waals surface area contributed by atoms with Crippen molar-refractivity contribution in [3.8, 4) is 0 Å². The first-order valence-electron chi connectivity index (χ1n) is 12.9. The molecule has 2 amide bonds. The van der Waals surface area contributed by atoms with Gasteiger partial charge in [-0.1, -0.05) is 55.3 Å². The van der Waals surface area contributed by atoms with E-state index in [1.54, 1.807) is 40.1 Å². The third kappa shape index (κ3) is 4.94. The molecule has 3 aliphatic heterocycles. The van der Waals surface area contributed by atoms with Gasteiger partial charge in [-0.05, 0) is 37.8 Å². The maximum atomic E-state index is 14.3. The molecule has 1 aromatic carbocycles. The molecule has 1 spiro atoms. The van der Waals surface area contributed by atoms with E-state index in [9.17, 15) is 14.4 Å². The number of rotatable bonds is 13. The molecule has 3 heterocycles. The van der Waals surface area contributed by atoms with Gasteiger partial charge >= 0.3 is 5.97 Å². The minimum absolute atomic E-state index is 0.0481. The molecular weight excluding hydrogens is 496 g/mol. The highest BCUT2D eigenvalue weighted by molar-refractivity contribution is 6.34. The minimum atomic E-state index is -1.11. The molecule has 9 heteroatoms. The molecule has 8 nitrogen and oxygen atoms in total. The van der Waals surface area contributed by atoms with E-state index in [0.29, 0.717) is 42.9 Å². The van der Waals surface area contributed by atoms with E-state index in [2.05, 4.69) is 13.2 Å². The number of halogens is 1. The Labute approximate surface area is 222 Å². The number of hydrogen-bond acceptors (Lipinski definition) is 6. The van der Waals surface area contributed by atoms with Gasteiger partial charge in [-0.3, -0.25) is 14.4 Å². The van der Waals surface area contributed by atoms with Gasteiger partial charge in [0.2, 0.25) is 5.91 Å². The molecule has 2 unspecified atom stereocenters. The fourth-order valence-electron chi connectivity index (χ4n) is 6.18. The van der Waals surface area contributed by atoms with Crippen LogP contribution < -0.4 is 4.90 Å². The predicted octanol–water partition coefficient (Wildman–Crippen LogP) is 3.52. The Bertz CT molecular complexity index is 1050. The van der Waals surface area contributed by atoms with Gasteiger partial charge in [0.15, 0.2) is 0 Å². The summed E-state index contributed by atoms with van der Waals surface area (Å²) >= 11 is 6.47. The van der Waals surface area contributed by atoms with E-state index < -0.39 is 35.6 Å². The SMILES string of the molecule is C=CCOC(=O)[C@@H]1[C@H]2C(=O)N(CCCCCCO)C(C(=O)N(CC=C)c3ccccc3Cl)C23CC[C@H]1O3. The third-order valence-electron chi connectivity index (χ3n) is 7.68. The van der Waals surface area contributed by atoms with Gasteiger partial charge < -0.3 is 24.4 Å². The molecule has 2 bridgehead atoms. The molecule has 4 rings (SSSR count). The number of hydrogen-bond donors (Lipinski definition) is 1. The Morgan fingerprint density at radius 3 is 2.68 bits per heavy atom. The van der Waals surface area contributed by atoms with Gasteiger partial charge in [-0.25, -0.2) is 0 Å². The first kappa shape index (κ1) is 27.4. The lowest BCUT2D eigenvalue weighted by molar-refractivity contribution is -0.154. The second-order valence-corrected chi connectivity index (χ2v) is 10.2. The van der Waals surface area contributed by atoms with Crippen LogP contribution in [-0.2, 0) is 23.9 Å². The van der Waals surface area contributed by atoms with Crippen LogP contribution in [0.2, 0.25) is 5.02 Å². The number of para-hydroxylation sites is 1. The minimum Gasteiger partial charge on any atom is -0.461 e. The maximum Gasteiger partial charge on any atom is 0.312 e. The Balaban J connectivity index is 1.70. The van der Waals surface area contributed by atoms with Crippen molar-refractivity contribution in [1.29, 1.82) is 0 Å². The number of carbonyl (C=O) groups is 3. The summed E-state index contributed by atoms with van der Waals surface area (Å²) in [6.07, 6.45) is 6.68. The summed E-state index contributed by atoms with van der Waals surface area (Å²) in [7, 11) is 0. The largest absolute Gasteiger partial charge is 0.461 e. The summed E-state index contributed by atoms with van der Waals surface area (Å²) in [5.41, 5.74) is -0.582. The lowest BCUT2D eigenvalue weighted by atomic mass is 9.70. The first-order valence-corrected chi connectivity index (χ1v) is 13.3. The number of esters is 1. The fourth-order valence-corrected chi connectivity index (χ4v) is 6.42. The van der Waals surface area contributed by atoms with Crippen molar-refractivity contribution in [2.75, 3.05) is 31.2 Å². The molecule has 3 aliphatic rings. The average molecular weight is 531 g/mol. The molecule has 5 atom stereocenters. The number of likely N-dealkylation sites (tertiary alicyclic amines) is 1. The quantitative estimate of drug-likeness (QED) is 0.238. The van der Waals surface area contributed by atoms with Gasteiger partial charge in [0.25, 0.3) is 5.91 Å². The van der Waals surface area contributed by atoms with Crippen molar-refractivity contribution < 1.29 is 29.0 Å². The van der Waals surface area contributed by atoms with Crippen LogP contribution in [0.3, 0.4) is 0 Å². The van der Waals surface area contributed by atoms with Gasteiger partial charge in [-0.15, -0.1) is 6.58 Å². The van der Waals surface area contributed by atoms with E-state index in [1.807, 2.05) is 0 Å². The summed E-state index contributed by atoms with van der Waals surface area (Å²) in [5.74, 6) is -2.59. The van der Waals surface area contributed by atoms with Crippen LogP contribution in [0.4, 0.5) is 5.69 Å². The molecule has 200 valence electrons. The molecule has 37 heavy (non-hydrogen) atoms. The number of benzene rings is 1. The van der Waals surface area contributed by atoms with Crippen molar-refractivity contribution in [1.82, 2.24) is 4.90 Å². The topological polar surface area (TPSA) is 96.4 Å². The monoisotopic (exact) mass is 530 g/mol. The highest BCUT2D eigenvalue weighted by Crippen LogP contribution is 2.59. The normalized spacial score (nSPS) is 27.7. The van der Waals surface area contributed by atoms with E-state index in [4.69, 9.17) is 26.2 Å². The number of fused-ring (bicyclic) bond motifs is 1. The molecule has 1 aromatic rings. The van der Waals surface area contributed by atoms with Crippen molar-refractivity contribution in [3.63, 3.8) is 0 Å². The number of aliphatic hydroxyl groups is 1. The van der Waals surface area contributed by atoms with Gasteiger partial charge in [0.1, 0.15) is 18.2 Å². The van der Waals surface area contributed by atoms with Gasteiger partial charge in [0.05, 0.1) is 28.6 Å². The van der Waals surface area contributed by atoms with Gasteiger partial charge in [0, 0.05) is 19.7 Å². The third-order valence-corrected chi connectivity index (χ3v) is 8.00. The lowest BCUT2D eigenvalue weighted by Crippen LogP contribution is -2.56. The highest BCUT2D eigenvalue weighted by atomic mass is 35.5. The Hall–Kier alpha value is -2.68. The van der Waals surface area contributed by atoms with E-state index in [-0.39, 0.29) is 31.6 Å². The smallest absolute Gasteiger partial charge is 0.312 e. The number of carbonyl (C=O) groups excluding carboxylic acids is 3. The van der Waals surface area contributed by atoms with Crippen molar-refractivity contribution in [3.05, 3.63) is 54.6 Å². The summed E-state index contributed by atoms with van der Waals surface area (Å²) in [6.45, 7) is 8.13. The van der Waals surface area contributed by atoms with E-state index in [0.717, 1.165) is 12.8 Å². The Kier molecular flexibility index (Phi) is 8.72. The number of anilines is 1. The average Bonchev–Trinajstić information content (AvgIpc) is 3.53. The molecule has 3 saturated heterocycles. The number of ether oxygens (including phenoxy) is 2. The number of amides is 2. The first-order chi connectivity index (χ1) is 17.9. The van der Waals surface area contributed by atoms with Crippen LogP contribution in [0.15, 0.2) is 49.6 Å². The Morgan fingerprint density at radius 1 is 1.22 bits per heavy atom. The van der Waals surface area contributed by atoms with Crippen LogP contribution in [0.1, 0.15) is 38.5 Å². The summed E-state index contributed by atoms with van der Waals surface area (Å²) < 4.78 is 11.8. The van der Waals surface area contributed by atoms with Crippen molar-refractivity contribution in [2.24, 2.45) is 11.8 Å². The molecule has 0 aromatic heterocycles. The molecule has 0 saturated carbocycles. The van der Waals surface area contributed by atoms with E-state index >= 15 is 0 Å². The highest BCUT2D eigenvalue weighted by Gasteiger charge is 2.75. The zero-order valence-corrected chi connectivity index (χ0v) is 21.8. The molecular formula is C28H35ClN2O6. The maximum absolute atomic E-state index is 14.3. The standard InChI is InChI=1S/C28H35ClN2O6/c1-3-15-30(20-12-8-7-11-19(20)29)26(34)24-28-14-13-21(37-28)22(27(35)36-18-4-2)23(28)25(33)31(24)16-9-5-6-10-17-32/h3-4,7-8,11-12,21-24,32H,1-2,5-6,9-10,13-18H2/t21-,22+,23+,24?,28?/m1/s1. The molecule has 0 radical (unpaired) electrons. The number of aliphatic hydroxyl groups excluding tert-OH is 1.